The maximum absolute atomic E-state index is 13.2. The fourth-order valence-corrected chi connectivity index (χ4v) is 4.55. The molecule has 1 saturated heterocycles. The number of ether oxygens (including phenoxy) is 1. The third kappa shape index (κ3) is 5.33. The zero-order valence-electron chi connectivity index (χ0n) is 17.9. The molecule has 34 heavy (non-hydrogen) atoms. The van der Waals surface area contributed by atoms with Crippen LogP contribution in [0.5, 0.6) is 0 Å². The lowest BCUT2D eigenvalue weighted by molar-refractivity contribution is -0.122. The Morgan fingerprint density at radius 3 is 2.74 bits per heavy atom. The van der Waals surface area contributed by atoms with Gasteiger partial charge in [0, 0.05) is 12.7 Å². The number of anilines is 1. The van der Waals surface area contributed by atoms with Crippen LogP contribution < -0.4 is 10.9 Å². The average molecular weight is 501 g/mol. The third-order valence-electron chi connectivity index (χ3n) is 4.95. The van der Waals surface area contributed by atoms with Crippen molar-refractivity contribution >= 4 is 51.7 Å². The van der Waals surface area contributed by atoms with Crippen LogP contribution in [-0.2, 0) is 16.1 Å². The number of aliphatic hydroxyl groups is 1. The average Bonchev–Trinajstić information content (AvgIpc) is 3.10. The van der Waals surface area contributed by atoms with Gasteiger partial charge < -0.3 is 15.2 Å². The molecule has 3 heterocycles. The highest BCUT2D eigenvalue weighted by molar-refractivity contribution is 8.26. The minimum atomic E-state index is -0.361. The van der Waals surface area contributed by atoms with Gasteiger partial charge in [0.05, 0.1) is 36.8 Å². The highest BCUT2D eigenvalue weighted by Crippen LogP contribution is 2.34. The number of halogens is 1. The van der Waals surface area contributed by atoms with Crippen LogP contribution in [0.3, 0.4) is 0 Å². The van der Waals surface area contributed by atoms with Gasteiger partial charge in [0.25, 0.3) is 11.5 Å². The van der Waals surface area contributed by atoms with E-state index in [1.807, 2.05) is 0 Å². The number of amides is 1. The summed E-state index contributed by atoms with van der Waals surface area (Å²) < 4.78 is 20.2. The van der Waals surface area contributed by atoms with E-state index in [2.05, 4.69) is 10.3 Å². The highest BCUT2D eigenvalue weighted by atomic mass is 32.2. The summed E-state index contributed by atoms with van der Waals surface area (Å²) in [7, 11) is 0. The second-order valence-corrected chi connectivity index (χ2v) is 8.94. The fourth-order valence-electron chi connectivity index (χ4n) is 3.32. The summed E-state index contributed by atoms with van der Waals surface area (Å²) in [5, 5.41) is 11.9. The van der Waals surface area contributed by atoms with Gasteiger partial charge in [-0.3, -0.25) is 18.9 Å². The first-order valence-corrected chi connectivity index (χ1v) is 11.6. The van der Waals surface area contributed by atoms with Gasteiger partial charge in [-0.1, -0.05) is 42.2 Å². The van der Waals surface area contributed by atoms with Crippen molar-refractivity contribution in [2.75, 3.05) is 31.7 Å². The monoisotopic (exact) mass is 500 g/mol. The summed E-state index contributed by atoms with van der Waals surface area (Å²) in [6, 6.07) is 11.0. The summed E-state index contributed by atoms with van der Waals surface area (Å²) in [6.45, 7) is 0.974. The van der Waals surface area contributed by atoms with E-state index in [9.17, 15) is 14.0 Å². The Bertz CT molecular complexity index is 1310. The second-order valence-electron chi connectivity index (χ2n) is 7.27. The van der Waals surface area contributed by atoms with Crippen molar-refractivity contribution in [3.63, 3.8) is 0 Å². The van der Waals surface area contributed by atoms with Crippen molar-refractivity contribution in [3.05, 3.63) is 80.9 Å². The Morgan fingerprint density at radius 1 is 1.18 bits per heavy atom. The number of carbonyl (C=O) groups excluding carboxylic acids is 1. The van der Waals surface area contributed by atoms with Crippen molar-refractivity contribution in [2.24, 2.45) is 0 Å². The van der Waals surface area contributed by atoms with E-state index in [0.717, 1.165) is 17.3 Å². The van der Waals surface area contributed by atoms with Gasteiger partial charge in [-0.2, -0.15) is 0 Å². The molecule has 1 aliphatic heterocycles. The molecule has 0 radical (unpaired) electrons. The lowest BCUT2D eigenvalue weighted by Gasteiger charge is -2.14. The summed E-state index contributed by atoms with van der Waals surface area (Å²) in [4.78, 5) is 32.6. The summed E-state index contributed by atoms with van der Waals surface area (Å²) in [5.74, 6) is -0.387. The molecule has 0 spiro atoms. The number of thioether (sulfide) groups is 1. The molecule has 0 bridgehead atoms. The van der Waals surface area contributed by atoms with Crippen LogP contribution in [0.4, 0.5) is 10.2 Å². The van der Waals surface area contributed by atoms with E-state index in [1.54, 1.807) is 36.5 Å². The van der Waals surface area contributed by atoms with Gasteiger partial charge in [-0.15, -0.1) is 0 Å². The molecular formula is C23H21FN4O4S2. The number of hydrogen-bond acceptors (Lipinski definition) is 8. The molecule has 2 N–H and O–H groups in total. The minimum Gasteiger partial charge on any atom is -0.394 e. The first-order chi connectivity index (χ1) is 16.5. The van der Waals surface area contributed by atoms with Gasteiger partial charge in [-0.25, -0.2) is 9.37 Å². The van der Waals surface area contributed by atoms with Gasteiger partial charge in [0.2, 0.25) is 0 Å². The van der Waals surface area contributed by atoms with E-state index < -0.39 is 0 Å². The molecule has 4 rings (SSSR count). The lowest BCUT2D eigenvalue weighted by atomic mass is 10.2. The van der Waals surface area contributed by atoms with E-state index >= 15 is 0 Å². The predicted octanol–water partition coefficient (Wildman–Crippen LogP) is 2.66. The number of rotatable bonds is 9. The lowest BCUT2D eigenvalue weighted by Crippen LogP contribution is -2.27. The van der Waals surface area contributed by atoms with E-state index in [1.165, 1.54) is 27.5 Å². The van der Waals surface area contributed by atoms with Crippen LogP contribution in [-0.4, -0.2) is 56.0 Å². The fraction of sp³-hybridized carbons (Fsp3) is 0.217. The quantitative estimate of drug-likeness (QED) is 0.263. The summed E-state index contributed by atoms with van der Waals surface area (Å²) in [6.07, 6.45) is 3.10. The van der Waals surface area contributed by atoms with Gasteiger partial charge in [0.1, 0.15) is 21.6 Å². The maximum Gasteiger partial charge on any atom is 0.267 e. The molecule has 3 aromatic rings. The molecule has 1 fully saturated rings. The molecule has 11 heteroatoms. The molecule has 0 atom stereocenters. The Hall–Kier alpha value is -3.12. The molecule has 0 saturated carbocycles. The number of hydrogen-bond donors (Lipinski definition) is 2. The van der Waals surface area contributed by atoms with Crippen molar-refractivity contribution in [1.82, 2.24) is 14.3 Å². The number of nitrogens with one attached hydrogen (secondary N) is 1. The Labute approximate surface area is 204 Å². The minimum absolute atomic E-state index is 0.0828. The summed E-state index contributed by atoms with van der Waals surface area (Å²) in [5.41, 5.74) is 1.06. The van der Waals surface area contributed by atoms with Gasteiger partial charge in [-0.05, 0) is 35.9 Å². The number of thiocarbonyl (C=S) groups is 1. The van der Waals surface area contributed by atoms with Crippen molar-refractivity contribution in [2.45, 2.75) is 6.54 Å². The Kier molecular flexibility index (Phi) is 7.68. The number of aromatic nitrogens is 2. The van der Waals surface area contributed by atoms with Crippen LogP contribution >= 0.6 is 24.0 Å². The molecule has 1 amide bonds. The number of nitrogens with zero attached hydrogens (tertiary/aromatic N) is 3. The SMILES string of the molecule is O=C1/C(=C\c2c(NCCOCCO)nc3ccccn3c2=O)SC(=S)N1Cc1ccc(F)cc1. The molecule has 1 aromatic carbocycles. The van der Waals surface area contributed by atoms with Crippen LogP contribution in [0, 0.1) is 5.82 Å². The van der Waals surface area contributed by atoms with Crippen LogP contribution in [0.15, 0.2) is 58.4 Å². The predicted molar refractivity (Wildman–Crippen MR) is 133 cm³/mol. The number of fused-ring (bicyclic) bond motifs is 1. The zero-order chi connectivity index (χ0) is 24.1. The van der Waals surface area contributed by atoms with E-state index in [0.29, 0.717) is 33.8 Å². The number of benzene rings is 1. The maximum atomic E-state index is 13.2. The molecule has 2 aromatic heterocycles. The smallest absolute Gasteiger partial charge is 0.267 e. The third-order valence-corrected chi connectivity index (χ3v) is 6.32. The van der Waals surface area contributed by atoms with Gasteiger partial charge in [0.15, 0.2) is 0 Å². The molecule has 8 nitrogen and oxygen atoms in total. The Morgan fingerprint density at radius 2 is 1.97 bits per heavy atom. The first kappa shape index (κ1) is 24.0. The normalized spacial score (nSPS) is 15.0. The van der Waals surface area contributed by atoms with Crippen molar-refractivity contribution in [3.8, 4) is 0 Å². The number of pyridine rings is 1. The first-order valence-electron chi connectivity index (χ1n) is 10.4. The zero-order valence-corrected chi connectivity index (χ0v) is 19.6. The highest BCUT2D eigenvalue weighted by Gasteiger charge is 2.32. The van der Waals surface area contributed by atoms with Crippen LogP contribution in [0.25, 0.3) is 11.7 Å². The second kappa shape index (κ2) is 10.9. The van der Waals surface area contributed by atoms with Crippen LogP contribution in [0.1, 0.15) is 11.1 Å². The number of aliphatic hydroxyl groups excluding tert-OH is 1. The standard InChI is InChI=1S/C23H21FN4O4S2/c24-16-6-4-15(5-7-16)14-28-22(31)18(34-23(28)33)13-17-20(25-8-11-32-12-10-29)26-19-3-1-2-9-27(19)21(17)30/h1-7,9,13,25,29H,8,10-12,14H2/b18-13+. The molecule has 0 unspecified atom stereocenters. The van der Waals surface area contributed by atoms with E-state index in [4.69, 9.17) is 22.1 Å². The Balaban J connectivity index is 1.64. The number of carbonyl (C=O) groups is 1. The van der Waals surface area contributed by atoms with Crippen molar-refractivity contribution < 1.29 is 19.0 Å². The molecule has 176 valence electrons. The topological polar surface area (TPSA) is 96.2 Å². The summed E-state index contributed by atoms with van der Waals surface area (Å²) >= 11 is 6.49. The van der Waals surface area contributed by atoms with Crippen molar-refractivity contribution in [1.29, 1.82) is 0 Å². The molecule has 0 aliphatic carbocycles. The largest absolute Gasteiger partial charge is 0.394 e. The molecular weight excluding hydrogens is 479 g/mol. The van der Waals surface area contributed by atoms with Gasteiger partial charge >= 0.3 is 0 Å². The molecule has 1 aliphatic rings. The van der Waals surface area contributed by atoms with E-state index in [-0.39, 0.29) is 42.6 Å². The van der Waals surface area contributed by atoms with Crippen LogP contribution in [0.2, 0.25) is 0 Å².